The lowest BCUT2D eigenvalue weighted by atomic mass is 9.94. The molecule has 0 saturated carbocycles. The number of hydrogen-bond donors (Lipinski definition) is 2. The van der Waals surface area contributed by atoms with Crippen molar-refractivity contribution in [3.05, 3.63) is 59.9 Å². The monoisotopic (exact) mass is 519 g/mol. The van der Waals surface area contributed by atoms with Crippen molar-refractivity contribution in [1.29, 1.82) is 0 Å². The van der Waals surface area contributed by atoms with E-state index in [1.807, 2.05) is 24.8 Å². The second kappa shape index (κ2) is 10.1. The number of rotatable bonds is 5. The van der Waals surface area contributed by atoms with Gasteiger partial charge in [-0.3, -0.25) is 0 Å². The Balaban J connectivity index is 1.36. The van der Waals surface area contributed by atoms with Crippen LogP contribution in [0.3, 0.4) is 0 Å². The zero-order chi connectivity index (χ0) is 26.0. The molecule has 1 saturated heterocycles. The van der Waals surface area contributed by atoms with Gasteiger partial charge in [0.25, 0.3) is 0 Å². The predicted octanol–water partition coefficient (Wildman–Crippen LogP) is 4.55. The summed E-state index contributed by atoms with van der Waals surface area (Å²) in [6, 6.07) is 8.91. The highest BCUT2D eigenvalue weighted by Gasteiger charge is 2.29. The number of halogens is 1. The van der Waals surface area contributed by atoms with Crippen molar-refractivity contribution >= 4 is 47.1 Å². The molecule has 12 heteroatoms. The minimum atomic E-state index is -0.681. The Kier molecular flexibility index (Phi) is 6.72. The van der Waals surface area contributed by atoms with E-state index in [1.165, 1.54) is 12.7 Å². The summed E-state index contributed by atoms with van der Waals surface area (Å²) in [7, 11) is 0. The van der Waals surface area contributed by atoms with Gasteiger partial charge in [0, 0.05) is 31.0 Å². The van der Waals surface area contributed by atoms with Crippen molar-refractivity contribution in [3.8, 4) is 11.5 Å². The minimum absolute atomic E-state index is 0.413. The number of aromatic nitrogens is 5. The molecule has 5 rings (SSSR count). The van der Waals surface area contributed by atoms with Crippen LogP contribution in [0.15, 0.2) is 59.2 Å². The molecular formula is C25H26ClN9O2. The van der Waals surface area contributed by atoms with Crippen molar-refractivity contribution in [2.24, 2.45) is 9.98 Å². The lowest BCUT2D eigenvalue weighted by molar-refractivity contribution is 0.00973. The topological polar surface area (TPSA) is 125 Å². The van der Waals surface area contributed by atoms with Crippen molar-refractivity contribution in [1.82, 2.24) is 29.5 Å². The van der Waals surface area contributed by atoms with Crippen LogP contribution in [0.25, 0.3) is 5.65 Å². The molecule has 37 heavy (non-hydrogen) atoms. The van der Waals surface area contributed by atoms with Crippen LogP contribution in [-0.2, 0) is 0 Å². The summed E-state index contributed by atoms with van der Waals surface area (Å²) in [6.45, 7) is 8.64. The number of ether oxygens (including phenoxy) is 1. The number of nitrogens with zero attached hydrogens (tertiary/aromatic N) is 8. The zero-order valence-electron chi connectivity index (χ0n) is 20.5. The van der Waals surface area contributed by atoms with Gasteiger partial charge in [0.1, 0.15) is 29.8 Å². The van der Waals surface area contributed by atoms with E-state index in [0.717, 1.165) is 0 Å². The van der Waals surface area contributed by atoms with Gasteiger partial charge in [0.15, 0.2) is 11.5 Å². The van der Waals surface area contributed by atoms with Gasteiger partial charge >= 0.3 is 0 Å². The minimum Gasteiger partial charge on any atom is -0.456 e. The third-order valence-electron chi connectivity index (χ3n) is 6.16. The van der Waals surface area contributed by atoms with Crippen molar-refractivity contribution in [2.45, 2.75) is 32.3 Å². The van der Waals surface area contributed by atoms with E-state index < -0.39 is 5.60 Å². The van der Waals surface area contributed by atoms with Crippen LogP contribution in [0, 0.1) is 6.92 Å². The van der Waals surface area contributed by atoms with Gasteiger partial charge in [-0.25, -0.2) is 29.5 Å². The molecule has 4 aromatic rings. The Morgan fingerprint density at radius 2 is 1.97 bits per heavy atom. The average molecular weight is 520 g/mol. The fourth-order valence-electron chi connectivity index (χ4n) is 3.97. The number of aliphatic imine (C=N–C) groups is 2. The van der Waals surface area contributed by atoms with E-state index in [0.29, 0.717) is 76.9 Å². The molecule has 0 amide bonds. The molecule has 3 aromatic heterocycles. The Morgan fingerprint density at radius 3 is 2.73 bits per heavy atom. The second-order valence-electron chi connectivity index (χ2n) is 9.01. The van der Waals surface area contributed by atoms with Crippen LogP contribution < -0.4 is 10.1 Å². The summed E-state index contributed by atoms with van der Waals surface area (Å²) in [4.78, 5) is 23.7. The molecule has 0 bridgehead atoms. The third kappa shape index (κ3) is 5.52. The average Bonchev–Trinajstić information content (AvgIpc) is 3.34. The van der Waals surface area contributed by atoms with Gasteiger partial charge in [-0.05, 0) is 57.7 Å². The molecule has 0 unspecified atom stereocenters. The van der Waals surface area contributed by atoms with E-state index in [4.69, 9.17) is 21.3 Å². The molecule has 0 spiro atoms. The van der Waals surface area contributed by atoms with Crippen LogP contribution in [0.5, 0.6) is 11.5 Å². The number of nitrogens with one attached hydrogen (secondary N) is 1. The van der Waals surface area contributed by atoms with Gasteiger partial charge in [0.05, 0.1) is 16.3 Å². The summed E-state index contributed by atoms with van der Waals surface area (Å²) in [6.07, 6.45) is 5.95. The number of anilines is 2. The van der Waals surface area contributed by atoms with E-state index in [1.54, 1.807) is 35.0 Å². The maximum Gasteiger partial charge on any atom is 0.225 e. The van der Waals surface area contributed by atoms with Crippen LogP contribution in [0.1, 0.15) is 25.5 Å². The lowest BCUT2D eigenvalue weighted by Crippen LogP contribution is -2.44. The van der Waals surface area contributed by atoms with Crippen molar-refractivity contribution in [2.75, 3.05) is 18.4 Å². The van der Waals surface area contributed by atoms with Crippen molar-refractivity contribution in [3.63, 3.8) is 0 Å². The Bertz CT molecular complexity index is 1470. The maximum absolute atomic E-state index is 10.3. The molecule has 1 aliphatic heterocycles. The molecule has 1 aliphatic rings. The molecule has 0 aliphatic carbocycles. The van der Waals surface area contributed by atoms with Gasteiger partial charge in [-0.15, -0.1) is 0 Å². The van der Waals surface area contributed by atoms with E-state index in [2.05, 4.69) is 37.1 Å². The van der Waals surface area contributed by atoms with Crippen LogP contribution >= 0.6 is 11.6 Å². The molecule has 0 atom stereocenters. The first kappa shape index (κ1) is 24.6. The summed E-state index contributed by atoms with van der Waals surface area (Å²) >= 11 is 6.54. The first-order valence-corrected chi connectivity index (χ1v) is 12.1. The second-order valence-corrected chi connectivity index (χ2v) is 9.41. The highest BCUT2D eigenvalue weighted by molar-refractivity contribution is 6.32. The molecule has 4 heterocycles. The molecule has 190 valence electrons. The number of pyridine rings is 1. The molecule has 0 radical (unpaired) electrons. The number of aliphatic hydroxyl groups is 1. The van der Waals surface area contributed by atoms with Crippen molar-refractivity contribution < 1.29 is 9.84 Å². The highest BCUT2D eigenvalue weighted by Crippen LogP contribution is 2.35. The largest absolute Gasteiger partial charge is 0.456 e. The summed E-state index contributed by atoms with van der Waals surface area (Å²) in [5.41, 5.74) is 1.90. The van der Waals surface area contributed by atoms with E-state index >= 15 is 0 Å². The van der Waals surface area contributed by atoms with Crippen LogP contribution in [-0.4, -0.2) is 65.9 Å². The molecule has 1 aromatic carbocycles. The smallest absolute Gasteiger partial charge is 0.225 e. The fraction of sp³-hybridized carbons (Fsp3) is 0.280. The Labute approximate surface area is 218 Å². The summed E-state index contributed by atoms with van der Waals surface area (Å²) in [5, 5.41) is 18.0. The summed E-state index contributed by atoms with van der Waals surface area (Å²) in [5.74, 6) is 2.05. The molecular weight excluding hydrogens is 494 g/mol. The Morgan fingerprint density at radius 1 is 1.16 bits per heavy atom. The Hall–Kier alpha value is -4.09. The molecule has 1 fully saturated rings. The maximum atomic E-state index is 10.3. The number of likely N-dealkylation sites (tertiary alicyclic amines) is 1. The van der Waals surface area contributed by atoms with Gasteiger partial charge < -0.3 is 20.1 Å². The first-order chi connectivity index (χ1) is 17.8. The zero-order valence-corrected chi connectivity index (χ0v) is 21.2. The third-order valence-corrected chi connectivity index (χ3v) is 6.45. The SMILES string of the molecule is C=NC(=Nc1c(C)ncnc1Nc1ccc(Oc2ccn3ncnc3c2)c(Cl)c1)N1CCC(C)(O)CC1. The van der Waals surface area contributed by atoms with Gasteiger partial charge in [0.2, 0.25) is 5.96 Å². The lowest BCUT2D eigenvalue weighted by Gasteiger charge is -2.36. The van der Waals surface area contributed by atoms with E-state index in [-0.39, 0.29) is 0 Å². The number of aryl methyl sites for hydroxylation is 1. The fourth-order valence-corrected chi connectivity index (χ4v) is 4.19. The standard InChI is InChI=1S/C25H26ClN9O2/c1-16-22(33-24(27-3)34-10-7-25(2,36)8-11-34)23(30-14-28-16)32-17-4-5-20(19(26)12-17)37-18-6-9-35-21(13-18)29-15-31-35/h4-6,9,12-15,36H,3,7-8,10-11H2,1-2H3,(H,28,30,32). The highest BCUT2D eigenvalue weighted by atomic mass is 35.5. The predicted molar refractivity (Wildman–Crippen MR) is 143 cm³/mol. The number of guanidine groups is 1. The van der Waals surface area contributed by atoms with Crippen LogP contribution in [0.4, 0.5) is 17.2 Å². The van der Waals surface area contributed by atoms with Gasteiger partial charge in [-0.2, -0.15) is 5.10 Å². The number of hydrogen-bond acceptors (Lipinski definition) is 8. The summed E-state index contributed by atoms with van der Waals surface area (Å²) < 4.78 is 7.60. The first-order valence-electron chi connectivity index (χ1n) is 11.7. The molecule has 2 N–H and O–H groups in total. The molecule has 11 nitrogen and oxygen atoms in total. The van der Waals surface area contributed by atoms with E-state index in [9.17, 15) is 5.11 Å². The normalized spacial score (nSPS) is 15.6. The van der Waals surface area contributed by atoms with Crippen LogP contribution in [0.2, 0.25) is 5.02 Å². The number of benzene rings is 1. The quantitative estimate of drug-likeness (QED) is 0.290. The number of fused-ring (bicyclic) bond motifs is 1. The van der Waals surface area contributed by atoms with Gasteiger partial charge in [-0.1, -0.05) is 11.6 Å². The number of piperidine rings is 1.